The van der Waals surface area contributed by atoms with Crippen molar-refractivity contribution in [2.75, 3.05) is 11.9 Å². The number of amides is 1. The average molecular weight is 400 g/mol. The van der Waals surface area contributed by atoms with Crippen molar-refractivity contribution in [3.8, 4) is 5.75 Å². The summed E-state index contributed by atoms with van der Waals surface area (Å²) < 4.78 is 5.96. The molecule has 23 heavy (non-hydrogen) atoms. The van der Waals surface area contributed by atoms with E-state index in [1.54, 1.807) is 25.1 Å². The van der Waals surface area contributed by atoms with E-state index in [9.17, 15) is 14.9 Å². The number of carbonyl (C=O) groups excluding carboxylic acids is 1. The maximum atomic E-state index is 12.3. The Bertz CT molecular complexity index is 767. The number of hydrogen-bond acceptors (Lipinski definition) is 4. The number of anilines is 1. The van der Waals surface area contributed by atoms with Gasteiger partial charge in [-0.15, -0.1) is 0 Å². The van der Waals surface area contributed by atoms with Gasteiger partial charge in [0.05, 0.1) is 22.2 Å². The molecule has 0 aliphatic carbocycles. The van der Waals surface area contributed by atoms with Gasteiger partial charge in [-0.25, -0.2) is 0 Å². The molecule has 0 radical (unpaired) electrons. The number of carbonyl (C=O) groups is 1. The molecule has 1 N–H and O–H groups in total. The van der Waals surface area contributed by atoms with Gasteiger partial charge in [0, 0.05) is 16.1 Å². The van der Waals surface area contributed by atoms with E-state index in [0.717, 1.165) is 4.47 Å². The monoisotopic (exact) mass is 398 g/mol. The summed E-state index contributed by atoms with van der Waals surface area (Å²) >= 11 is 9.31. The van der Waals surface area contributed by atoms with Crippen molar-refractivity contribution in [2.24, 2.45) is 0 Å². The number of hydrogen-bond donors (Lipinski definition) is 1. The van der Waals surface area contributed by atoms with Crippen LogP contribution in [0.3, 0.4) is 0 Å². The van der Waals surface area contributed by atoms with Crippen LogP contribution in [0, 0.1) is 10.1 Å². The zero-order chi connectivity index (χ0) is 17.0. The summed E-state index contributed by atoms with van der Waals surface area (Å²) in [6.07, 6.45) is 0. The van der Waals surface area contributed by atoms with Crippen molar-refractivity contribution >= 4 is 44.8 Å². The van der Waals surface area contributed by atoms with Crippen molar-refractivity contribution in [2.45, 2.75) is 6.92 Å². The highest BCUT2D eigenvalue weighted by molar-refractivity contribution is 9.10. The number of nitrogens with zero attached hydrogens (tertiary/aromatic N) is 1. The molecule has 0 fully saturated rings. The maximum Gasteiger partial charge on any atom is 0.311 e. The van der Waals surface area contributed by atoms with Crippen molar-refractivity contribution in [1.29, 1.82) is 0 Å². The van der Waals surface area contributed by atoms with E-state index < -0.39 is 10.8 Å². The summed E-state index contributed by atoms with van der Waals surface area (Å²) in [4.78, 5) is 22.8. The van der Waals surface area contributed by atoms with Gasteiger partial charge in [-0.05, 0) is 37.3 Å². The summed E-state index contributed by atoms with van der Waals surface area (Å²) in [7, 11) is 0. The molecular weight excluding hydrogens is 388 g/mol. The van der Waals surface area contributed by atoms with Crippen LogP contribution in [0.15, 0.2) is 40.9 Å². The van der Waals surface area contributed by atoms with Crippen LogP contribution in [0.5, 0.6) is 5.75 Å². The largest absolute Gasteiger partial charge is 0.487 e. The predicted octanol–water partition coefficient (Wildman–Crippen LogP) is 4.66. The van der Waals surface area contributed by atoms with Gasteiger partial charge in [-0.3, -0.25) is 14.9 Å². The lowest BCUT2D eigenvalue weighted by molar-refractivity contribution is -0.385. The molecular formula is C15H12BrClN2O4. The average Bonchev–Trinajstić information content (AvgIpc) is 2.50. The van der Waals surface area contributed by atoms with Crippen LogP contribution in [0.25, 0.3) is 0 Å². The molecule has 0 spiro atoms. The third kappa shape index (κ3) is 4.20. The van der Waals surface area contributed by atoms with Crippen LogP contribution in [-0.4, -0.2) is 17.4 Å². The second kappa shape index (κ2) is 7.43. The number of halogens is 2. The Morgan fingerprint density at radius 2 is 2.09 bits per heavy atom. The minimum Gasteiger partial charge on any atom is -0.487 e. The molecule has 0 aromatic heterocycles. The van der Waals surface area contributed by atoms with E-state index in [1.807, 2.05) is 0 Å². The smallest absolute Gasteiger partial charge is 0.311 e. The molecule has 6 nitrogen and oxygen atoms in total. The van der Waals surface area contributed by atoms with E-state index >= 15 is 0 Å². The van der Waals surface area contributed by atoms with E-state index in [0.29, 0.717) is 17.3 Å². The third-order valence-corrected chi connectivity index (χ3v) is 3.70. The second-order valence-electron chi connectivity index (χ2n) is 4.45. The second-order valence-corrected chi connectivity index (χ2v) is 5.77. The lowest BCUT2D eigenvalue weighted by Gasteiger charge is -2.09. The standard InChI is InChI=1S/C15H12BrClN2O4/c1-2-23-14-6-3-9(7-13(14)19(21)22)15(20)18-12-5-4-10(16)8-11(12)17/h3-8H,2H2,1H3,(H,18,20). The van der Waals surface area contributed by atoms with Gasteiger partial charge in [-0.2, -0.15) is 0 Å². The molecule has 1 amide bonds. The van der Waals surface area contributed by atoms with Gasteiger partial charge >= 0.3 is 5.69 Å². The van der Waals surface area contributed by atoms with Crippen molar-refractivity contribution in [1.82, 2.24) is 0 Å². The first-order valence-corrected chi connectivity index (χ1v) is 7.77. The SMILES string of the molecule is CCOc1ccc(C(=O)Nc2ccc(Br)cc2Cl)cc1[N+](=O)[O-]. The van der Waals surface area contributed by atoms with Gasteiger partial charge in [0.25, 0.3) is 5.91 Å². The molecule has 0 saturated heterocycles. The van der Waals surface area contributed by atoms with Crippen LogP contribution in [-0.2, 0) is 0 Å². The summed E-state index contributed by atoms with van der Waals surface area (Å²) in [6.45, 7) is 2.01. The van der Waals surface area contributed by atoms with Crippen LogP contribution >= 0.6 is 27.5 Å². The van der Waals surface area contributed by atoms with E-state index in [2.05, 4.69) is 21.2 Å². The molecule has 2 rings (SSSR count). The number of nitrogens with one attached hydrogen (secondary N) is 1. The van der Waals surface area contributed by atoms with Gasteiger partial charge in [0.15, 0.2) is 5.75 Å². The molecule has 8 heteroatoms. The van der Waals surface area contributed by atoms with E-state index in [1.165, 1.54) is 18.2 Å². The molecule has 0 unspecified atom stereocenters. The van der Waals surface area contributed by atoms with Crippen LogP contribution < -0.4 is 10.1 Å². The molecule has 0 heterocycles. The number of nitro groups is 1. The Morgan fingerprint density at radius 1 is 1.35 bits per heavy atom. The zero-order valence-corrected chi connectivity index (χ0v) is 14.3. The zero-order valence-electron chi connectivity index (χ0n) is 12.0. The first-order chi connectivity index (χ1) is 10.9. The van der Waals surface area contributed by atoms with Crippen LogP contribution in [0.4, 0.5) is 11.4 Å². The highest BCUT2D eigenvalue weighted by Crippen LogP contribution is 2.29. The Hall–Kier alpha value is -2.12. The fraction of sp³-hybridized carbons (Fsp3) is 0.133. The van der Waals surface area contributed by atoms with Gasteiger partial charge < -0.3 is 10.1 Å². The molecule has 120 valence electrons. The summed E-state index contributed by atoms with van der Waals surface area (Å²) in [6, 6.07) is 9.03. The van der Waals surface area contributed by atoms with Crippen molar-refractivity contribution in [3.63, 3.8) is 0 Å². The van der Waals surface area contributed by atoms with Gasteiger partial charge in [0.2, 0.25) is 0 Å². The quantitative estimate of drug-likeness (QED) is 0.585. The Labute approximate surface area is 145 Å². The molecule has 0 saturated carbocycles. The number of nitro benzene ring substituents is 1. The Morgan fingerprint density at radius 3 is 2.70 bits per heavy atom. The minimum absolute atomic E-state index is 0.121. The Balaban J connectivity index is 2.28. The third-order valence-electron chi connectivity index (χ3n) is 2.90. The van der Waals surface area contributed by atoms with Gasteiger partial charge in [-0.1, -0.05) is 27.5 Å². The van der Waals surface area contributed by atoms with Gasteiger partial charge in [0.1, 0.15) is 0 Å². The summed E-state index contributed by atoms with van der Waals surface area (Å²) in [5.41, 5.74) is 0.289. The maximum absolute atomic E-state index is 12.3. The highest BCUT2D eigenvalue weighted by atomic mass is 79.9. The van der Waals surface area contributed by atoms with Crippen molar-refractivity contribution in [3.05, 3.63) is 61.6 Å². The summed E-state index contributed by atoms with van der Waals surface area (Å²) in [5.74, 6) is -0.379. The molecule has 2 aromatic rings. The highest BCUT2D eigenvalue weighted by Gasteiger charge is 2.19. The van der Waals surface area contributed by atoms with E-state index in [-0.39, 0.29) is 17.0 Å². The molecule has 0 atom stereocenters. The van der Waals surface area contributed by atoms with Crippen molar-refractivity contribution < 1.29 is 14.5 Å². The predicted molar refractivity (Wildman–Crippen MR) is 91.4 cm³/mol. The molecule has 2 aromatic carbocycles. The first-order valence-electron chi connectivity index (χ1n) is 6.60. The number of benzene rings is 2. The van der Waals surface area contributed by atoms with Crippen LogP contribution in [0.1, 0.15) is 17.3 Å². The molecule has 0 aliphatic heterocycles. The molecule has 0 bridgehead atoms. The first kappa shape index (κ1) is 17.2. The fourth-order valence-electron chi connectivity index (χ4n) is 1.86. The topological polar surface area (TPSA) is 81.5 Å². The minimum atomic E-state index is -0.589. The fourth-order valence-corrected chi connectivity index (χ4v) is 2.58. The number of ether oxygens (including phenoxy) is 1. The normalized spacial score (nSPS) is 10.2. The lowest BCUT2D eigenvalue weighted by Crippen LogP contribution is -2.12. The number of rotatable bonds is 5. The molecule has 0 aliphatic rings. The van der Waals surface area contributed by atoms with Crippen LogP contribution in [0.2, 0.25) is 5.02 Å². The van der Waals surface area contributed by atoms with E-state index in [4.69, 9.17) is 16.3 Å². The lowest BCUT2D eigenvalue weighted by atomic mass is 10.1. The Kier molecular flexibility index (Phi) is 5.57. The summed E-state index contributed by atoms with van der Waals surface area (Å²) in [5, 5.41) is 14.1.